The SMILES string of the molecule is C[C@@H]1CN(Cc2ccc(F)cc2)[C@@H](C)CN1C(=O)COc1ccc(C(=O)O)cc1CN1CCOCC1. The first-order chi connectivity index (χ1) is 17.3. The summed E-state index contributed by atoms with van der Waals surface area (Å²) in [7, 11) is 0. The molecule has 2 aliphatic heterocycles. The summed E-state index contributed by atoms with van der Waals surface area (Å²) in [5, 5.41) is 9.42. The van der Waals surface area contributed by atoms with Crippen molar-refractivity contribution >= 4 is 11.9 Å². The van der Waals surface area contributed by atoms with Crippen molar-refractivity contribution in [3.05, 3.63) is 65.0 Å². The first-order valence-electron chi connectivity index (χ1n) is 12.4. The third kappa shape index (κ3) is 6.60. The molecule has 2 aliphatic rings. The third-order valence-corrected chi connectivity index (χ3v) is 6.89. The van der Waals surface area contributed by atoms with Crippen LogP contribution in [-0.4, -0.2) is 89.8 Å². The fourth-order valence-corrected chi connectivity index (χ4v) is 4.79. The molecule has 194 valence electrons. The minimum absolute atomic E-state index is 0.0000416. The number of hydrogen-bond acceptors (Lipinski definition) is 6. The van der Waals surface area contributed by atoms with E-state index in [0.29, 0.717) is 45.1 Å². The van der Waals surface area contributed by atoms with Gasteiger partial charge in [-0.25, -0.2) is 9.18 Å². The molecule has 0 aromatic heterocycles. The van der Waals surface area contributed by atoms with Crippen LogP contribution in [0.5, 0.6) is 5.75 Å². The van der Waals surface area contributed by atoms with E-state index in [4.69, 9.17) is 9.47 Å². The normalized spacial score (nSPS) is 21.4. The summed E-state index contributed by atoms with van der Waals surface area (Å²) in [6.45, 7) is 9.29. The molecular weight excluding hydrogens is 465 g/mol. The Morgan fingerprint density at radius 2 is 1.75 bits per heavy atom. The fraction of sp³-hybridized carbons (Fsp3) is 0.481. The molecule has 8 nitrogen and oxygen atoms in total. The number of morpholine rings is 1. The molecule has 0 aliphatic carbocycles. The number of benzene rings is 2. The van der Waals surface area contributed by atoms with E-state index < -0.39 is 5.97 Å². The first-order valence-corrected chi connectivity index (χ1v) is 12.4. The highest BCUT2D eigenvalue weighted by Crippen LogP contribution is 2.24. The van der Waals surface area contributed by atoms with Crippen LogP contribution in [0.15, 0.2) is 42.5 Å². The van der Waals surface area contributed by atoms with Gasteiger partial charge in [-0.2, -0.15) is 0 Å². The second kappa shape index (κ2) is 11.8. The summed E-state index contributed by atoms with van der Waals surface area (Å²) in [5.74, 6) is -0.825. The fourth-order valence-electron chi connectivity index (χ4n) is 4.79. The van der Waals surface area contributed by atoms with Crippen LogP contribution in [0.4, 0.5) is 4.39 Å². The molecule has 9 heteroatoms. The maximum absolute atomic E-state index is 13.2. The van der Waals surface area contributed by atoms with Crippen molar-refractivity contribution in [1.82, 2.24) is 14.7 Å². The molecule has 0 spiro atoms. The summed E-state index contributed by atoms with van der Waals surface area (Å²) >= 11 is 0. The van der Waals surface area contributed by atoms with Gasteiger partial charge in [0.05, 0.1) is 18.8 Å². The maximum Gasteiger partial charge on any atom is 0.335 e. The Morgan fingerprint density at radius 3 is 2.44 bits per heavy atom. The molecule has 1 amide bonds. The molecule has 0 bridgehead atoms. The minimum Gasteiger partial charge on any atom is -0.483 e. The lowest BCUT2D eigenvalue weighted by Crippen LogP contribution is -2.58. The average Bonchev–Trinajstić information content (AvgIpc) is 2.87. The molecular formula is C27H34FN3O5. The Kier molecular flexibility index (Phi) is 8.56. The predicted octanol–water partition coefficient (Wildman–Crippen LogP) is 2.86. The smallest absolute Gasteiger partial charge is 0.335 e. The van der Waals surface area contributed by atoms with Crippen molar-refractivity contribution in [1.29, 1.82) is 0 Å². The quantitative estimate of drug-likeness (QED) is 0.598. The van der Waals surface area contributed by atoms with Gasteiger partial charge < -0.3 is 19.5 Å². The Hall–Kier alpha value is -3.01. The van der Waals surface area contributed by atoms with Gasteiger partial charge in [-0.1, -0.05) is 12.1 Å². The highest BCUT2D eigenvalue weighted by molar-refractivity contribution is 5.88. The molecule has 1 N–H and O–H groups in total. The van der Waals surface area contributed by atoms with Crippen molar-refractivity contribution in [2.45, 2.75) is 39.0 Å². The van der Waals surface area contributed by atoms with Gasteiger partial charge in [-0.05, 0) is 49.7 Å². The molecule has 0 radical (unpaired) electrons. The van der Waals surface area contributed by atoms with E-state index in [2.05, 4.69) is 16.7 Å². The number of piperazine rings is 1. The van der Waals surface area contributed by atoms with Crippen molar-refractivity contribution < 1.29 is 28.6 Å². The molecule has 2 saturated heterocycles. The van der Waals surface area contributed by atoms with Crippen LogP contribution in [0, 0.1) is 5.82 Å². The van der Waals surface area contributed by atoms with E-state index in [0.717, 1.165) is 24.2 Å². The number of aromatic carboxylic acids is 1. The van der Waals surface area contributed by atoms with Crippen molar-refractivity contribution in [2.75, 3.05) is 46.0 Å². The average molecular weight is 500 g/mol. The molecule has 0 unspecified atom stereocenters. The molecule has 2 aromatic carbocycles. The number of carboxylic acid groups (broad SMARTS) is 1. The van der Waals surface area contributed by atoms with Crippen molar-refractivity contribution in [3.63, 3.8) is 0 Å². The number of carbonyl (C=O) groups is 2. The summed E-state index contributed by atoms with van der Waals surface area (Å²) in [4.78, 5) is 31.0. The topological polar surface area (TPSA) is 82.5 Å². The van der Waals surface area contributed by atoms with Gasteiger partial charge in [0, 0.05) is 56.9 Å². The second-order valence-electron chi connectivity index (χ2n) is 9.60. The molecule has 2 fully saturated rings. The van der Waals surface area contributed by atoms with Crippen LogP contribution < -0.4 is 4.74 Å². The number of rotatable bonds is 8. The van der Waals surface area contributed by atoms with Crippen molar-refractivity contribution in [2.24, 2.45) is 0 Å². The largest absolute Gasteiger partial charge is 0.483 e. The maximum atomic E-state index is 13.2. The van der Waals surface area contributed by atoms with Crippen LogP contribution in [0.2, 0.25) is 0 Å². The molecule has 2 atom stereocenters. The Balaban J connectivity index is 1.37. The Bertz CT molecular complexity index is 1060. The number of halogens is 1. The molecule has 2 aromatic rings. The Morgan fingerprint density at radius 1 is 1.03 bits per heavy atom. The van der Waals surface area contributed by atoms with Crippen LogP contribution in [0.25, 0.3) is 0 Å². The molecule has 0 saturated carbocycles. The zero-order valence-corrected chi connectivity index (χ0v) is 20.9. The van der Waals surface area contributed by atoms with E-state index >= 15 is 0 Å². The number of nitrogens with zero attached hydrogens (tertiary/aromatic N) is 3. The van der Waals surface area contributed by atoms with E-state index in [9.17, 15) is 19.1 Å². The van der Waals surface area contributed by atoms with Gasteiger partial charge in [0.1, 0.15) is 11.6 Å². The summed E-state index contributed by atoms with van der Waals surface area (Å²) < 4.78 is 24.6. The highest BCUT2D eigenvalue weighted by atomic mass is 19.1. The Labute approximate surface area is 211 Å². The third-order valence-electron chi connectivity index (χ3n) is 6.89. The van der Waals surface area contributed by atoms with Gasteiger partial charge >= 0.3 is 5.97 Å². The summed E-state index contributed by atoms with van der Waals surface area (Å²) in [6, 6.07) is 11.4. The number of hydrogen-bond donors (Lipinski definition) is 1. The zero-order chi connectivity index (χ0) is 25.7. The number of amides is 1. The van der Waals surface area contributed by atoms with Crippen molar-refractivity contribution in [3.8, 4) is 5.75 Å². The van der Waals surface area contributed by atoms with Crippen LogP contribution in [0.1, 0.15) is 35.3 Å². The monoisotopic (exact) mass is 499 g/mol. The zero-order valence-electron chi connectivity index (χ0n) is 20.9. The molecule has 2 heterocycles. The van der Waals surface area contributed by atoms with E-state index in [1.165, 1.54) is 18.2 Å². The van der Waals surface area contributed by atoms with Gasteiger partial charge in [-0.3, -0.25) is 14.6 Å². The molecule has 4 rings (SSSR count). The van der Waals surface area contributed by atoms with E-state index in [1.54, 1.807) is 24.3 Å². The van der Waals surface area contributed by atoms with Crippen LogP contribution in [-0.2, 0) is 22.6 Å². The number of ether oxygens (including phenoxy) is 2. The van der Waals surface area contributed by atoms with Crippen LogP contribution in [0.3, 0.4) is 0 Å². The number of carbonyl (C=O) groups excluding carboxylic acids is 1. The van der Waals surface area contributed by atoms with Crippen LogP contribution >= 0.6 is 0 Å². The van der Waals surface area contributed by atoms with Gasteiger partial charge in [0.15, 0.2) is 6.61 Å². The van der Waals surface area contributed by atoms with E-state index in [-0.39, 0.29) is 36.0 Å². The molecule has 36 heavy (non-hydrogen) atoms. The lowest BCUT2D eigenvalue weighted by Gasteiger charge is -2.44. The van der Waals surface area contributed by atoms with E-state index in [1.807, 2.05) is 11.8 Å². The lowest BCUT2D eigenvalue weighted by atomic mass is 10.1. The lowest BCUT2D eigenvalue weighted by molar-refractivity contribution is -0.139. The summed E-state index contributed by atoms with van der Waals surface area (Å²) in [5.41, 5.74) is 1.97. The van der Waals surface area contributed by atoms with Gasteiger partial charge in [0.2, 0.25) is 0 Å². The second-order valence-corrected chi connectivity index (χ2v) is 9.60. The first kappa shape index (κ1) is 26.1. The van der Waals surface area contributed by atoms with Gasteiger partial charge in [-0.15, -0.1) is 0 Å². The minimum atomic E-state index is -0.998. The predicted molar refractivity (Wildman–Crippen MR) is 132 cm³/mol. The highest BCUT2D eigenvalue weighted by Gasteiger charge is 2.32. The van der Waals surface area contributed by atoms with Gasteiger partial charge in [0.25, 0.3) is 5.91 Å². The standard InChI is InChI=1S/C27H34FN3O5/c1-19-15-31(20(2)14-30(19)16-21-3-6-24(28)7-4-21)26(32)18-36-25-8-5-22(27(33)34)13-23(25)17-29-9-11-35-12-10-29/h3-8,13,19-20H,9-12,14-18H2,1-2H3,(H,33,34)/t19-,20+/m0/s1. The number of carboxylic acids is 1. The summed E-state index contributed by atoms with van der Waals surface area (Å²) in [6.07, 6.45) is 0.